The lowest BCUT2D eigenvalue weighted by atomic mass is 10.1. The van der Waals surface area contributed by atoms with Gasteiger partial charge in [-0.1, -0.05) is 18.2 Å². The maximum Gasteiger partial charge on any atom is 0.224 e. The SMILES string of the molecule is CN1CCNCC1CNC(=O)Cc1ccccc1F. The number of amides is 1. The zero-order valence-corrected chi connectivity index (χ0v) is 11.2. The van der Waals surface area contributed by atoms with Crippen molar-refractivity contribution in [3.63, 3.8) is 0 Å². The van der Waals surface area contributed by atoms with Gasteiger partial charge in [-0.25, -0.2) is 4.39 Å². The minimum atomic E-state index is -0.325. The first kappa shape index (κ1) is 14.0. The molecule has 0 spiro atoms. The van der Waals surface area contributed by atoms with Gasteiger partial charge in [-0.3, -0.25) is 9.69 Å². The lowest BCUT2D eigenvalue weighted by Gasteiger charge is -2.33. The molecule has 4 nitrogen and oxygen atoms in total. The molecular formula is C14H20FN3O. The van der Waals surface area contributed by atoms with E-state index >= 15 is 0 Å². The van der Waals surface area contributed by atoms with Gasteiger partial charge in [0, 0.05) is 32.2 Å². The second-order valence-corrected chi connectivity index (χ2v) is 4.91. The number of rotatable bonds is 4. The number of benzene rings is 1. The first-order valence-corrected chi connectivity index (χ1v) is 6.58. The van der Waals surface area contributed by atoms with Gasteiger partial charge in [-0.15, -0.1) is 0 Å². The summed E-state index contributed by atoms with van der Waals surface area (Å²) in [5.74, 6) is -0.460. The van der Waals surface area contributed by atoms with Crippen molar-refractivity contribution in [2.24, 2.45) is 0 Å². The summed E-state index contributed by atoms with van der Waals surface area (Å²) in [5, 5.41) is 6.17. The summed E-state index contributed by atoms with van der Waals surface area (Å²) in [4.78, 5) is 14.0. The van der Waals surface area contributed by atoms with Crippen molar-refractivity contribution in [3.05, 3.63) is 35.6 Å². The van der Waals surface area contributed by atoms with E-state index in [2.05, 4.69) is 22.6 Å². The van der Waals surface area contributed by atoms with Crippen LogP contribution in [-0.4, -0.2) is 50.1 Å². The molecule has 0 aromatic heterocycles. The Kier molecular flexibility index (Phi) is 4.87. The Morgan fingerprint density at radius 1 is 1.53 bits per heavy atom. The molecule has 0 aliphatic carbocycles. The molecule has 2 N–H and O–H groups in total. The van der Waals surface area contributed by atoms with E-state index in [1.165, 1.54) is 6.07 Å². The molecule has 1 atom stereocenters. The highest BCUT2D eigenvalue weighted by Crippen LogP contribution is 2.07. The first-order chi connectivity index (χ1) is 9.16. The second-order valence-electron chi connectivity index (χ2n) is 4.91. The highest BCUT2D eigenvalue weighted by Gasteiger charge is 2.19. The Hall–Kier alpha value is -1.46. The third-order valence-corrected chi connectivity index (χ3v) is 3.49. The largest absolute Gasteiger partial charge is 0.354 e. The van der Waals surface area contributed by atoms with Gasteiger partial charge in [0.1, 0.15) is 5.82 Å². The minimum absolute atomic E-state index is 0.0938. The van der Waals surface area contributed by atoms with Gasteiger partial charge in [0.15, 0.2) is 0 Å². The fraction of sp³-hybridized carbons (Fsp3) is 0.500. The number of likely N-dealkylation sites (N-methyl/N-ethyl adjacent to an activating group) is 1. The minimum Gasteiger partial charge on any atom is -0.354 e. The van der Waals surface area contributed by atoms with Gasteiger partial charge in [-0.05, 0) is 18.7 Å². The van der Waals surface area contributed by atoms with Crippen LogP contribution >= 0.6 is 0 Å². The number of carbonyl (C=O) groups excluding carboxylic acids is 1. The fourth-order valence-corrected chi connectivity index (χ4v) is 2.20. The molecule has 1 unspecified atom stereocenters. The molecule has 1 saturated heterocycles. The average Bonchev–Trinajstić information content (AvgIpc) is 2.40. The molecule has 5 heteroatoms. The van der Waals surface area contributed by atoms with E-state index in [0.29, 0.717) is 18.2 Å². The molecule has 0 radical (unpaired) electrons. The van der Waals surface area contributed by atoms with Gasteiger partial charge in [0.25, 0.3) is 0 Å². The third kappa shape index (κ3) is 4.01. The van der Waals surface area contributed by atoms with Crippen LogP contribution in [0.15, 0.2) is 24.3 Å². The van der Waals surface area contributed by atoms with Crippen LogP contribution in [-0.2, 0) is 11.2 Å². The molecule has 1 aliphatic rings. The van der Waals surface area contributed by atoms with Gasteiger partial charge in [0.2, 0.25) is 5.91 Å². The van der Waals surface area contributed by atoms with Gasteiger partial charge >= 0.3 is 0 Å². The summed E-state index contributed by atoms with van der Waals surface area (Å²) >= 11 is 0. The zero-order chi connectivity index (χ0) is 13.7. The molecule has 1 heterocycles. The van der Waals surface area contributed by atoms with Crippen molar-refractivity contribution in [2.45, 2.75) is 12.5 Å². The van der Waals surface area contributed by atoms with Crippen LogP contribution in [0.4, 0.5) is 4.39 Å². The zero-order valence-electron chi connectivity index (χ0n) is 11.2. The van der Waals surface area contributed by atoms with Crippen LogP contribution < -0.4 is 10.6 Å². The standard InChI is InChI=1S/C14H20FN3O/c1-18-7-6-16-9-12(18)10-17-14(19)8-11-4-2-3-5-13(11)15/h2-5,12,16H,6-10H2,1H3,(H,17,19). The van der Waals surface area contributed by atoms with Crippen LogP contribution in [0.25, 0.3) is 0 Å². The lowest BCUT2D eigenvalue weighted by Crippen LogP contribution is -2.54. The van der Waals surface area contributed by atoms with Crippen LogP contribution in [0.2, 0.25) is 0 Å². The number of piperazine rings is 1. The summed E-state index contributed by atoms with van der Waals surface area (Å²) in [6, 6.07) is 6.69. The van der Waals surface area contributed by atoms with Crippen LogP contribution in [0.5, 0.6) is 0 Å². The maximum absolute atomic E-state index is 13.4. The smallest absolute Gasteiger partial charge is 0.224 e. The summed E-state index contributed by atoms with van der Waals surface area (Å²) < 4.78 is 13.4. The van der Waals surface area contributed by atoms with Crippen LogP contribution in [0.3, 0.4) is 0 Å². The number of nitrogens with zero attached hydrogens (tertiary/aromatic N) is 1. The lowest BCUT2D eigenvalue weighted by molar-refractivity contribution is -0.120. The Labute approximate surface area is 113 Å². The van der Waals surface area contributed by atoms with Crippen molar-refractivity contribution in [1.82, 2.24) is 15.5 Å². The summed E-state index contributed by atoms with van der Waals surface area (Å²) in [6.07, 6.45) is 0.0938. The van der Waals surface area contributed by atoms with E-state index in [9.17, 15) is 9.18 Å². The molecular weight excluding hydrogens is 245 g/mol. The quantitative estimate of drug-likeness (QED) is 0.827. The van der Waals surface area contributed by atoms with E-state index in [-0.39, 0.29) is 18.1 Å². The number of hydrogen-bond donors (Lipinski definition) is 2. The molecule has 19 heavy (non-hydrogen) atoms. The molecule has 1 aliphatic heterocycles. The van der Waals surface area contributed by atoms with E-state index in [1.807, 2.05) is 0 Å². The predicted molar refractivity (Wildman–Crippen MR) is 72.4 cm³/mol. The van der Waals surface area contributed by atoms with E-state index < -0.39 is 0 Å². The monoisotopic (exact) mass is 265 g/mol. The fourth-order valence-electron chi connectivity index (χ4n) is 2.20. The Morgan fingerprint density at radius 2 is 2.32 bits per heavy atom. The molecule has 0 bridgehead atoms. The van der Waals surface area contributed by atoms with E-state index in [1.54, 1.807) is 18.2 Å². The Bertz CT molecular complexity index is 438. The molecule has 1 amide bonds. The molecule has 1 aromatic rings. The summed E-state index contributed by atoms with van der Waals surface area (Å²) in [7, 11) is 2.05. The average molecular weight is 265 g/mol. The van der Waals surface area contributed by atoms with Crippen LogP contribution in [0, 0.1) is 5.82 Å². The molecule has 1 fully saturated rings. The highest BCUT2D eigenvalue weighted by atomic mass is 19.1. The predicted octanol–water partition coefficient (Wildman–Crippen LogP) is 0.388. The van der Waals surface area contributed by atoms with Crippen molar-refractivity contribution in [2.75, 3.05) is 33.2 Å². The number of hydrogen-bond acceptors (Lipinski definition) is 3. The number of nitrogens with one attached hydrogen (secondary N) is 2. The summed E-state index contributed by atoms with van der Waals surface area (Å²) in [6.45, 7) is 3.43. The normalized spacial score (nSPS) is 20.2. The topological polar surface area (TPSA) is 44.4 Å². The van der Waals surface area contributed by atoms with E-state index in [4.69, 9.17) is 0 Å². The van der Waals surface area contributed by atoms with Crippen LogP contribution in [0.1, 0.15) is 5.56 Å². The van der Waals surface area contributed by atoms with Crippen molar-refractivity contribution >= 4 is 5.91 Å². The van der Waals surface area contributed by atoms with Gasteiger partial charge in [-0.2, -0.15) is 0 Å². The van der Waals surface area contributed by atoms with Gasteiger partial charge < -0.3 is 10.6 Å². The number of halogens is 1. The molecule has 2 rings (SSSR count). The Balaban J connectivity index is 1.80. The van der Waals surface area contributed by atoms with E-state index in [0.717, 1.165) is 19.6 Å². The second kappa shape index (κ2) is 6.63. The first-order valence-electron chi connectivity index (χ1n) is 6.58. The van der Waals surface area contributed by atoms with Crippen molar-refractivity contribution in [3.8, 4) is 0 Å². The van der Waals surface area contributed by atoms with Crippen molar-refractivity contribution < 1.29 is 9.18 Å². The number of carbonyl (C=O) groups is 1. The van der Waals surface area contributed by atoms with Gasteiger partial charge in [0.05, 0.1) is 6.42 Å². The third-order valence-electron chi connectivity index (χ3n) is 3.49. The Morgan fingerprint density at radius 3 is 3.05 bits per heavy atom. The highest BCUT2D eigenvalue weighted by molar-refractivity contribution is 5.78. The molecule has 0 saturated carbocycles. The van der Waals surface area contributed by atoms with Crippen molar-refractivity contribution in [1.29, 1.82) is 0 Å². The molecule has 1 aromatic carbocycles. The maximum atomic E-state index is 13.4. The summed E-state index contributed by atoms with van der Waals surface area (Å²) in [5.41, 5.74) is 0.440. The molecule has 104 valence electrons.